The first-order valence-corrected chi connectivity index (χ1v) is 8.75. The number of fused-ring (bicyclic) bond motifs is 1. The number of methoxy groups -OCH3 is 1. The minimum Gasteiger partial charge on any atom is -0.494 e. The number of ether oxygens (including phenoxy) is 1. The van der Waals surface area contributed by atoms with Gasteiger partial charge in [0.15, 0.2) is 11.6 Å². The molecule has 140 valence electrons. The lowest BCUT2D eigenvalue weighted by Gasteiger charge is -2.10. The number of hydrogen-bond acceptors (Lipinski definition) is 3. The van der Waals surface area contributed by atoms with Gasteiger partial charge >= 0.3 is 0 Å². The average molecular weight is 375 g/mol. The van der Waals surface area contributed by atoms with Crippen LogP contribution < -0.4 is 10.1 Å². The van der Waals surface area contributed by atoms with Crippen LogP contribution in [0.4, 0.5) is 10.1 Å². The van der Waals surface area contributed by atoms with Gasteiger partial charge in [-0.15, -0.1) is 0 Å². The molecule has 0 spiro atoms. The fourth-order valence-electron chi connectivity index (χ4n) is 3.10. The molecule has 0 aliphatic rings. The van der Waals surface area contributed by atoms with Crippen LogP contribution in [0, 0.1) is 12.7 Å². The summed E-state index contributed by atoms with van der Waals surface area (Å²) in [7, 11) is 1.38. The third kappa shape index (κ3) is 3.20. The molecule has 2 aromatic carbocycles. The monoisotopic (exact) mass is 375 g/mol. The zero-order chi connectivity index (χ0) is 19.7. The van der Waals surface area contributed by atoms with E-state index in [1.807, 2.05) is 54.0 Å². The van der Waals surface area contributed by atoms with Crippen LogP contribution in [0.25, 0.3) is 16.9 Å². The number of nitrogens with one attached hydrogen (secondary N) is 1. The molecule has 0 aliphatic carbocycles. The van der Waals surface area contributed by atoms with Gasteiger partial charge in [0.2, 0.25) is 0 Å². The molecule has 0 aliphatic heterocycles. The first kappa shape index (κ1) is 17.7. The SMILES string of the molecule is COc1ccc(C(=O)Nc2ccccc2-c2cn3cccc(C)c3n2)cc1F. The van der Waals surface area contributed by atoms with Crippen LogP contribution in [0.5, 0.6) is 5.75 Å². The third-order valence-corrected chi connectivity index (χ3v) is 4.54. The number of nitrogens with zero attached hydrogens (tertiary/aromatic N) is 2. The van der Waals surface area contributed by atoms with Crippen LogP contribution in [0.3, 0.4) is 0 Å². The van der Waals surface area contributed by atoms with Crippen LogP contribution in [-0.2, 0) is 0 Å². The fraction of sp³-hybridized carbons (Fsp3) is 0.0909. The Kier molecular flexibility index (Phi) is 4.53. The smallest absolute Gasteiger partial charge is 0.255 e. The zero-order valence-corrected chi connectivity index (χ0v) is 15.4. The number of para-hydroxylation sites is 1. The lowest BCUT2D eigenvalue weighted by Crippen LogP contribution is -2.13. The Balaban J connectivity index is 1.68. The van der Waals surface area contributed by atoms with E-state index in [4.69, 9.17) is 9.72 Å². The summed E-state index contributed by atoms with van der Waals surface area (Å²) in [6.07, 6.45) is 3.85. The molecule has 5 nitrogen and oxygen atoms in total. The van der Waals surface area contributed by atoms with Gasteiger partial charge in [0.25, 0.3) is 5.91 Å². The van der Waals surface area contributed by atoms with E-state index in [1.165, 1.54) is 19.2 Å². The van der Waals surface area contributed by atoms with Gasteiger partial charge in [-0.3, -0.25) is 4.79 Å². The molecule has 0 atom stereocenters. The summed E-state index contributed by atoms with van der Waals surface area (Å²) in [4.78, 5) is 17.3. The number of amides is 1. The van der Waals surface area contributed by atoms with Gasteiger partial charge in [-0.25, -0.2) is 9.37 Å². The molecular weight excluding hydrogens is 357 g/mol. The van der Waals surface area contributed by atoms with Crippen LogP contribution in [0.15, 0.2) is 67.0 Å². The van der Waals surface area contributed by atoms with Gasteiger partial charge in [-0.2, -0.15) is 0 Å². The Morgan fingerprint density at radius 3 is 2.71 bits per heavy atom. The highest BCUT2D eigenvalue weighted by Crippen LogP contribution is 2.28. The highest BCUT2D eigenvalue weighted by atomic mass is 19.1. The van der Waals surface area contributed by atoms with Crippen molar-refractivity contribution in [2.24, 2.45) is 0 Å². The quantitative estimate of drug-likeness (QED) is 0.562. The highest BCUT2D eigenvalue weighted by molar-refractivity contribution is 6.06. The average Bonchev–Trinajstić information content (AvgIpc) is 3.14. The van der Waals surface area contributed by atoms with Crippen molar-refractivity contribution in [1.82, 2.24) is 9.38 Å². The number of halogens is 1. The lowest BCUT2D eigenvalue weighted by molar-refractivity contribution is 0.102. The molecule has 0 bridgehead atoms. The third-order valence-electron chi connectivity index (χ3n) is 4.54. The number of anilines is 1. The molecular formula is C22H18FN3O2. The van der Waals surface area contributed by atoms with Gasteiger partial charge in [-0.05, 0) is 42.8 Å². The predicted octanol–water partition coefficient (Wildman–Crippen LogP) is 4.71. The first-order chi connectivity index (χ1) is 13.6. The summed E-state index contributed by atoms with van der Waals surface area (Å²) in [6, 6.07) is 15.5. The second-order valence-electron chi connectivity index (χ2n) is 6.40. The van der Waals surface area contributed by atoms with E-state index in [2.05, 4.69) is 5.32 Å². The molecule has 0 saturated heterocycles. The van der Waals surface area contributed by atoms with E-state index in [-0.39, 0.29) is 11.3 Å². The second kappa shape index (κ2) is 7.15. The van der Waals surface area contributed by atoms with Crippen LogP contribution >= 0.6 is 0 Å². The summed E-state index contributed by atoms with van der Waals surface area (Å²) in [5.41, 5.74) is 4.25. The Morgan fingerprint density at radius 1 is 1.14 bits per heavy atom. The maximum Gasteiger partial charge on any atom is 0.255 e. The number of aromatic nitrogens is 2. The minimum atomic E-state index is -0.584. The van der Waals surface area contributed by atoms with Gasteiger partial charge < -0.3 is 14.5 Å². The van der Waals surface area contributed by atoms with Gasteiger partial charge in [0, 0.05) is 23.5 Å². The van der Waals surface area contributed by atoms with Crippen LogP contribution in [-0.4, -0.2) is 22.4 Å². The lowest BCUT2D eigenvalue weighted by atomic mass is 10.1. The second-order valence-corrected chi connectivity index (χ2v) is 6.40. The van der Waals surface area contributed by atoms with Gasteiger partial charge in [-0.1, -0.05) is 24.3 Å². The van der Waals surface area contributed by atoms with Crippen molar-refractivity contribution < 1.29 is 13.9 Å². The summed E-state index contributed by atoms with van der Waals surface area (Å²) < 4.78 is 20.8. The van der Waals surface area contributed by atoms with Gasteiger partial charge in [0.05, 0.1) is 18.5 Å². The number of rotatable bonds is 4. The van der Waals surface area contributed by atoms with Crippen molar-refractivity contribution in [1.29, 1.82) is 0 Å². The Labute approximate surface area is 161 Å². The molecule has 1 amide bonds. The van der Waals surface area contributed by atoms with Crippen molar-refractivity contribution in [3.63, 3.8) is 0 Å². The van der Waals surface area contributed by atoms with Crippen molar-refractivity contribution in [3.05, 3.63) is 83.9 Å². The van der Waals surface area contributed by atoms with E-state index in [0.29, 0.717) is 5.69 Å². The largest absolute Gasteiger partial charge is 0.494 e. The molecule has 4 rings (SSSR count). The molecule has 0 saturated carbocycles. The van der Waals surface area contributed by atoms with E-state index in [0.717, 1.165) is 28.5 Å². The van der Waals surface area contributed by atoms with Crippen LogP contribution in [0.2, 0.25) is 0 Å². The Morgan fingerprint density at radius 2 is 1.96 bits per heavy atom. The number of hydrogen-bond donors (Lipinski definition) is 1. The summed E-state index contributed by atoms with van der Waals surface area (Å²) in [5.74, 6) is -0.898. The first-order valence-electron chi connectivity index (χ1n) is 8.75. The molecule has 2 heterocycles. The molecule has 4 aromatic rings. The molecule has 1 N–H and O–H groups in total. The highest BCUT2D eigenvalue weighted by Gasteiger charge is 2.14. The van der Waals surface area contributed by atoms with E-state index < -0.39 is 11.7 Å². The molecule has 28 heavy (non-hydrogen) atoms. The minimum absolute atomic E-state index is 0.0945. The number of carbonyl (C=O) groups is 1. The Bertz CT molecular complexity index is 1180. The molecule has 0 radical (unpaired) electrons. The van der Waals surface area contributed by atoms with E-state index in [9.17, 15) is 9.18 Å². The normalized spacial score (nSPS) is 10.8. The molecule has 6 heteroatoms. The van der Waals surface area contributed by atoms with Gasteiger partial charge in [0.1, 0.15) is 5.65 Å². The maximum atomic E-state index is 13.9. The summed E-state index contributed by atoms with van der Waals surface area (Å²) in [5, 5.41) is 2.85. The maximum absolute atomic E-state index is 13.9. The molecule has 2 aromatic heterocycles. The van der Waals surface area contributed by atoms with Crippen molar-refractivity contribution in [3.8, 4) is 17.0 Å². The number of benzene rings is 2. The van der Waals surface area contributed by atoms with E-state index in [1.54, 1.807) is 6.07 Å². The Hall–Kier alpha value is -3.67. The molecule has 0 fully saturated rings. The number of aryl methyl sites for hydroxylation is 1. The predicted molar refractivity (Wildman–Crippen MR) is 106 cm³/mol. The topological polar surface area (TPSA) is 55.6 Å². The fourth-order valence-corrected chi connectivity index (χ4v) is 3.10. The van der Waals surface area contributed by atoms with E-state index >= 15 is 0 Å². The van der Waals surface area contributed by atoms with Crippen LogP contribution in [0.1, 0.15) is 15.9 Å². The number of pyridine rings is 1. The van der Waals surface area contributed by atoms with Crippen molar-refractivity contribution in [2.45, 2.75) is 6.92 Å². The van der Waals surface area contributed by atoms with Crippen molar-refractivity contribution >= 4 is 17.2 Å². The summed E-state index contributed by atoms with van der Waals surface area (Å²) >= 11 is 0. The van der Waals surface area contributed by atoms with Crippen molar-refractivity contribution in [2.75, 3.05) is 12.4 Å². The summed E-state index contributed by atoms with van der Waals surface area (Å²) in [6.45, 7) is 2.00. The standard InChI is InChI=1S/C22H18FN3O2/c1-14-6-5-11-26-13-19(24-21(14)26)16-7-3-4-8-18(16)25-22(27)15-9-10-20(28-2)17(23)12-15/h3-13H,1-2H3,(H,25,27). The number of imidazole rings is 1. The number of carbonyl (C=O) groups excluding carboxylic acids is 1. The zero-order valence-electron chi connectivity index (χ0n) is 15.4. The molecule has 0 unspecified atom stereocenters.